The van der Waals surface area contributed by atoms with Crippen molar-refractivity contribution in [3.63, 3.8) is 0 Å². The van der Waals surface area contributed by atoms with Gasteiger partial charge in [-0.1, -0.05) is 62.8 Å². The molecule has 1 amide bonds. The average Bonchev–Trinajstić information content (AvgIpc) is 4.27. The molecule has 2 aliphatic carbocycles. The van der Waals surface area contributed by atoms with Crippen LogP contribution in [-0.4, -0.2) is 87.8 Å². The van der Waals surface area contributed by atoms with Gasteiger partial charge in [-0.05, 0) is 110 Å². The predicted octanol–water partition coefficient (Wildman–Crippen LogP) is 9.32. The molecule has 4 aromatic carbocycles. The van der Waals surface area contributed by atoms with Crippen LogP contribution in [0.4, 0.5) is 0 Å². The van der Waals surface area contributed by atoms with E-state index in [0.717, 1.165) is 83.4 Å². The highest BCUT2D eigenvalue weighted by molar-refractivity contribution is 6.00. The van der Waals surface area contributed by atoms with E-state index in [4.69, 9.17) is 33.8 Å². The lowest BCUT2D eigenvalue weighted by molar-refractivity contribution is -0.402. The van der Waals surface area contributed by atoms with Crippen LogP contribution in [0, 0.1) is 0 Å². The minimum atomic E-state index is -1.17. The van der Waals surface area contributed by atoms with Crippen LogP contribution < -0.4 is 15.8 Å². The van der Waals surface area contributed by atoms with Crippen LogP contribution >= 0.6 is 0 Å². The zero-order valence-corrected chi connectivity index (χ0v) is 41.6. The minimum Gasteiger partial charge on any atom is -0.508 e. The molecule has 4 heterocycles. The van der Waals surface area contributed by atoms with Crippen molar-refractivity contribution in [2.75, 3.05) is 6.61 Å². The molecule has 2 atom stereocenters. The van der Waals surface area contributed by atoms with E-state index in [2.05, 4.69) is 20.2 Å². The van der Waals surface area contributed by atoms with Crippen molar-refractivity contribution < 1.29 is 63.7 Å². The first kappa shape index (κ1) is 52.8. The third kappa shape index (κ3) is 13.4. The number of imidazole rings is 2. The molecule has 2 saturated carbocycles. The number of aromatic hydroxyl groups is 1. The highest BCUT2D eigenvalue weighted by Gasteiger charge is 2.27. The summed E-state index contributed by atoms with van der Waals surface area (Å²) in [5.41, 5.74) is 11.1. The topological polar surface area (TPSA) is 277 Å². The van der Waals surface area contributed by atoms with Gasteiger partial charge in [0.05, 0.1) is 51.3 Å². The van der Waals surface area contributed by atoms with Crippen molar-refractivity contribution in [3.05, 3.63) is 144 Å². The van der Waals surface area contributed by atoms with E-state index in [-0.39, 0.29) is 29.6 Å². The van der Waals surface area contributed by atoms with Crippen molar-refractivity contribution >= 4 is 51.7 Å². The summed E-state index contributed by atoms with van der Waals surface area (Å²) >= 11 is 0. The number of phenolic OH excluding ortho intramolecular Hbond substituents is 1. The molecule has 8 aromatic rings. The maximum absolute atomic E-state index is 13.1. The van der Waals surface area contributed by atoms with Crippen LogP contribution in [0.1, 0.15) is 115 Å². The first-order valence-corrected chi connectivity index (χ1v) is 25.1. The van der Waals surface area contributed by atoms with E-state index < -0.39 is 36.5 Å². The largest absolute Gasteiger partial charge is 0.508 e. The number of ether oxygens (including phenoxy) is 1. The maximum atomic E-state index is 13.1. The van der Waals surface area contributed by atoms with E-state index in [9.17, 15) is 34.2 Å². The smallest absolute Gasteiger partial charge is 0.341 e. The molecule has 0 bridgehead atoms. The minimum absolute atomic E-state index is 0.0451. The Morgan fingerprint density at radius 1 is 0.667 bits per heavy atom. The number of carboxylic acid groups (broad SMARTS) is 3. The third-order valence-electron chi connectivity index (χ3n) is 13.6. The molecule has 2 aliphatic rings. The number of phenols is 1. The first-order chi connectivity index (χ1) is 36.2. The van der Waals surface area contributed by atoms with Crippen LogP contribution in [0.3, 0.4) is 0 Å². The molecule has 75 heavy (non-hydrogen) atoms. The summed E-state index contributed by atoms with van der Waals surface area (Å²) in [6.07, 6.45) is 19.0. The van der Waals surface area contributed by atoms with Gasteiger partial charge in [0.15, 0.2) is 12.4 Å². The quantitative estimate of drug-likeness (QED) is 0.0526. The number of ketones is 1. The second-order valence-corrected chi connectivity index (χ2v) is 19.0. The number of aliphatic carboxylic acids is 2. The Morgan fingerprint density at radius 3 is 1.63 bits per heavy atom. The summed E-state index contributed by atoms with van der Waals surface area (Å²) in [5.74, 6) is -1.35. The van der Waals surface area contributed by atoms with Gasteiger partial charge in [-0.15, -0.1) is 0 Å². The van der Waals surface area contributed by atoms with Crippen molar-refractivity contribution in [1.29, 1.82) is 0 Å². The number of aromatic carboxylic acids is 1. The number of nitrogens with one attached hydrogen (secondary N) is 1. The second-order valence-electron chi connectivity index (χ2n) is 19.0. The summed E-state index contributed by atoms with van der Waals surface area (Å²) in [5, 5.41) is 39.3. The molecule has 8 N–H and O–H groups in total. The summed E-state index contributed by atoms with van der Waals surface area (Å²) in [4.78, 5) is 67.4. The van der Waals surface area contributed by atoms with Gasteiger partial charge >= 0.3 is 17.9 Å². The standard InChI is InChI=1S/C29H29N3O7.C18H18N2O3.C10H13NO2/c33-26(34)17-39-22-9-6-18(7-10-22)14-24(29(36)37)31-28(35)19-8-11-25-23(15-19)30-27(20-12-13-38-16-20)32(25)21-4-2-1-3-5-21;21-18(22)12-6-7-16-15(10-12)19-17(13-8-9-23-11-13)20(16)14-4-2-1-3-5-14;1-7(12)10(11)6-8-2-4-9(13)5-3-8/h6-13,15-16,21,24H,1-5,14,17H2,(H,31,35)(H,33,34)(H,36,37);6-11,14H,1-5H2,(H,21,22);2-5,10,13H,6,11H2,1H3/p+1/t24-;;10-/m0.0/s1. The number of aromatic nitrogens is 4. The molecule has 0 saturated heterocycles. The van der Waals surface area contributed by atoms with Crippen molar-refractivity contribution in [2.45, 2.75) is 108 Å². The molecule has 4 aromatic heterocycles. The van der Waals surface area contributed by atoms with E-state index in [0.29, 0.717) is 40.9 Å². The average molecular weight is 1020 g/mol. The molecule has 0 radical (unpaired) electrons. The molecule has 18 heteroatoms. The Kier molecular flexibility index (Phi) is 17.2. The molecule has 390 valence electrons. The van der Waals surface area contributed by atoms with Gasteiger partial charge in [-0.25, -0.2) is 24.4 Å². The molecular formula is C57H61N6O12+. The number of rotatable bonds is 16. The highest BCUT2D eigenvalue weighted by atomic mass is 16.5. The summed E-state index contributed by atoms with van der Waals surface area (Å²) < 4.78 is 20.1. The van der Waals surface area contributed by atoms with Crippen molar-refractivity contribution in [2.24, 2.45) is 0 Å². The van der Waals surface area contributed by atoms with E-state index in [1.54, 1.807) is 97.8 Å². The zero-order valence-electron chi connectivity index (χ0n) is 41.6. The van der Waals surface area contributed by atoms with Crippen molar-refractivity contribution in [1.82, 2.24) is 24.4 Å². The van der Waals surface area contributed by atoms with Crippen LogP contribution in [0.5, 0.6) is 11.5 Å². The Labute approximate surface area is 431 Å². The molecular weight excluding hydrogens is 961 g/mol. The van der Waals surface area contributed by atoms with Crippen LogP contribution in [-0.2, 0) is 27.2 Å². The lowest BCUT2D eigenvalue weighted by Gasteiger charge is -2.25. The fourth-order valence-electron chi connectivity index (χ4n) is 9.68. The lowest BCUT2D eigenvalue weighted by atomic mass is 9.95. The molecule has 10 rings (SSSR count). The summed E-state index contributed by atoms with van der Waals surface area (Å²) in [6.45, 7) is 1.07. The Hall–Kier alpha value is -8.51. The zero-order chi connectivity index (χ0) is 53.0. The van der Waals surface area contributed by atoms with Crippen LogP contribution in [0.15, 0.2) is 131 Å². The van der Waals surface area contributed by atoms with Gasteiger partial charge in [-0.2, -0.15) is 0 Å². The number of carbonyl (C=O) groups is 5. The normalized spacial score (nSPS) is 14.7. The number of nitrogens with zero attached hydrogens (tertiary/aromatic N) is 4. The fraction of sp³-hybridized carbons (Fsp3) is 0.316. The highest BCUT2D eigenvalue weighted by Crippen LogP contribution is 2.38. The van der Waals surface area contributed by atoms with Gasteiger partial charge in [0.1, 0.15) is 47.8 Å². The predicted molar refractivity (Wildman–Crippen MR) is 277 cm³/mol. The second kappa shape index (κ2) is 24.5. The number of carbonyl (C=O) groups excluding carboxylic acids is 2. The fourth-order valence-corrected chi connectivity index (χ4v) is 9.68. The monoisotopic (exact) mass is 1020 g/mol. The van der Waals surface area contributed by atoms with Gasteiger partial charge in [0.25, 0.3) is 5.91 Å². The number of amides is 1. The maximum Gasteiger partial charge on any atom is 0.341 e. The Balaban J connectivity index is 0.000000173. The van der Waals surface area contributed by atoms with E-state index >= 15 is 0 Å². The molecule has 2 fully saturated rings. The number of hydrogen-bond donors (Lipinski definition) is 6. The Bertz CT molecular complexity index is 3220. The number of hydrogen-bond acceptors (Lipinski definition) is 11. The number of quaternary nitrogens is 1. The number of Topliss-reactive ketones (excluding diaryl/α,β-unsaturated/α-hetero) is 1. The van der Waals surface area contributed by atoms with Gasteiger partial charge in [-0.3, -0.25) is 9.59 Å². The summed E-state index contributed by atoms with van der Waals surface area (Å²) in [7, 11) is 0. The third-order valence-corrected chi connectivity index (χ3v) is 13.6. The first-order valence-electron chi connectivity index (χ1n) is 25.1. The Morgan fingerprint density at radius 2 is 1.16 bits per heavy atom. The van der Waals surface area contributed by atoms with Gasteiger partial charge in [0, 0.05) is 37.4 Å². The molecule has 0 unspecified atom stereocenters. The summed E-state index contributed by atoms with van der Waals surface area (Å²) in [6, 6.07) is 26.8. The number of furan rings is 2. The van der Waals surface area contributed by atoms with Crippen LogP contribution in [0.2, 0.25) is 0 Å². The van der Waals surface area contributed by atoms with Crippen LogP contribution in [0.25, 0.3) is 44.8 Å². The van der Waals surface area contributed by atoms with Crippen molar-refractivity contribution in [3.8, 4) is 34.3 Å². The van der Waals surface area contributed by atoms with Gasteiger partial charge < -0.3 is 54.2 Å². The van der Waals surface area contributed by atoms with E-state index in [1.165, 1.54) is 32.6 Å². The number of carboxylic acids is 3. The lowest BCUT2D eigenvalue weighted by Crippen LogP contribution is -2.65. The molecule has 18 nitrogen and oxygen atoms in total. The van der Waals surface area contributed by atoms with Gasteiger partial charge in [0.2, 0.25) is 0 Å². The molecule has 0 spiro atoms. The number of benzene rings is 4. The SMILES string of the molecule is CC(=O)[C@@H]([NH3+])Cc1ccc(O)cc1.O=C(O)COc1ccc(C[C@H](NC(=O)c2ccc3c(c2)nc(-c2ccoc2)n3C2CCCCC2)C(=O)O)cc1.O=C(O)c1ccc2c(c1)nc(-c1ccoc1)n2C1CCCCC1. The molecule has 0 aliphatic heterocycles. The number of fused-ring (bicyclic) bond motifs is 2. The van der Waals surface area contributed by atoms with E-state index in [1.807, 2.05) is 24.3 Å².